The number of aryl methyl sites for hydroxylation is 1. The van der Waals surface area contributed by atoms with Gasteiger partial charge >= 0.3 is 5.97 Å². The molecular weight excluding hydrogens is 270 g/mol. The minimum absolute atomic E-state index is 0.199. The number of carbonyl (C=O) groups is 1. The largest absolute Gasteiger partial charge is 0.476 e. The summed E-state index contributed by atoms with van der Waals surface area (Å²) >= 11 is 0. The molecule has 1 aliphatic rings. The van der Waals surface area contributed by atoms with Gasteiger partial charge < -0.3 is 5.11 Å². The summed E-state index contributed by atoms with van der Waals surface area (Å²) in [7, 11) is -3.87. The van der Waals surface area contributed by atoms with E-state index in [1.807, 2.05) is 0 Å². The lowest BCUT2D eigenvalue weighted by Gasteiger charge is -2.31. The summed E-state index contributed by atoms with van der Waals surface area (Å²) in [6.45, 7) is 3.29. The maximum atomic E-state index is 12.3. The first-order chi connectivity index (χ1) is 8.83. The Morgan fingerprint density at radius 3 is 2.63 bits per heavy atom. The molecule has 8 heteroatoms. The molecule has 1 atom stereocenters. The predicted octanol–water partition coefficient (Wildman–Crippen LogP) is 0.883. The molecule has 7 nitrogen and oxygen atoms in total. The van der Waals surface area contributed by atoms with Crippen LogP contribution in [0.2, 0.25) is 0 Å². The zero-order valence-corrected chi connectivity index (χ0v) is 11.6. The molecule has 0 amide bonds. The molecule has 1 aromatic rings. The van der Waals surface area contributed by atoms with Crippen molar-refractivity contribution in [2.24, 2.45) is 5.92 Å². The van der Waals surface area contributed by atoms with E-state index in [0.717, 1.165) is 19.3 Å². The molecule has 0 radical (unpaired) electrons. The number of carboxylic acid groups (broad SMARTS) is 1. The second kappa shape index (κ2) is 4.93. The van der Waals surface area contributed by atoms with Gasteiger partial charge in [-0.2, -0.15) is 5.10 Å². The third kappa shape index (κ3) is 2.64. The van der Waals surface area contributed by atoms with Crippen LogP contribution in [0.5, 0.6) is 0 Å². The van der Waals surface area contributed by atoms with Crippen LogP contribution >= 0.6 is 0 Å². The minimum Gasteiger partial charge on any atom is -0.476 e. The zero-order valence-electron chi connectivity index (χ0n) is 10.8. The van der Waals surface area contributed by atoms with Crippen molar-refractivity contribution in [3.8, 4) is 0 Å². The first kappa shape index (κ1) is 14.0. The number of H-pyrrole nitrogens is 1. The first-order valence-corrected chi connectivity index (χ1v) is 7.62. The Morgan fingerprint density at radius 1 is 1.53 bits per heavy atom. The molecule has 0 saturated heterocycles. The molecule has 0 aromatic carbocycles. The third-order valence-corrected chi connectivity index (χ3v) is 5.28. The van der Waals surface area contributed by atoms with Gasteiger partial charge in [0.15, 0.2) is 5.69 Å². The molecule has 19 heavy (non-hydrogen) atoms. The summed E-state index contributed by atoms with van der Waals surface area (Å²) in [6, 6.07) is -0.199. The van der Waals surface area contributed by atoms with Gasteiger partial charge in [-0.1, -0.05) is 6.42 Å². The summed E-state index contributed by atoms with van der Waals surface area (Å²) in [4.78, 5) is 10.7. The average molecular weight is 287 g/mol. The highest BCUT2D eigenvalue weighted by Crippen LogP contribution is 2.30. The van der Waals surface area contributed by atoms with E-state index >= 15 is 0 Å². The summed E-state index contributed by atoms with van der Waals surface area (Å²) in [6.07, 6.45) is 3.11. The van der Waals surface area contributed by atoms with Crippen LogP contribution in [-0.2, 0) is 10.0 Å². The molecule has 0 bridgehead atoms. The highest BCUT2D eigenvalue weighted by molar-refractivity contribution is 7.89. The van der Waals surface area contributed by atoms with Gasteiger partial charge in [-0.15, -0.1) is 0 Å². The van der Waals surface area contributed by atoms with Crippen molar-refractivity contribution in [2.45, 2.75) is 44.0 Å². The van der Waals surface area contributed by atoms with Crippen molar-refractivity contribution < 1.29 is 18.3 Å². The van der Waals surface area contributed by atoms with Gasteiger partial charge in [0.1, 0.15) is 4.90 Å². The van der Waals surface area contributed by atoms with E-state index in [1.54, 1.807) is 6.92 Å². The fourth-order valence-electron chi connectivity index (χ4n) is 2.23. The maximum absolute atomic E-state index is 12.3. The van der Waals surface area contributed by atoms with Gasteiger partial charge in [0.2, 0.25) is 10.0 Å². The summed E-state index contributed by atoms with van der Waals surface area (Å²) in [5, 5.41) is 14.9. The molecule has 1 unspecified atom stereocenters. The van der Waals surface area contributed by atoms with E-state index in [1.165, 1.54) is 6.92 Å². The topological polar surface area (TPSA) is 112 Å². The van der Waals surface area contributed by atoms with Crippen LogP contribution in [0.4, 0.5) is 0 Å². The van der Waals surface area contributed by atoms with Crippen LogP contribution in [0.25, 0.3) is 0 Å². The molecule has 1 heterocycles. The van der Waals surface area contributed by atoms with Crippen molar-refractivity contribution in [1.29, 1.82) is 0 Å². The minimum atomic E-state index is -3.87. The van der Waals surface area contributed by atoms with Crippen LogP contribution in [0, 0.1) is 12.8 Å². The van der Waals surface area contributed by atoms with E-state index in [9.17, 15) is 13.2 Å². The Balaban J connectivity index is 2.28. The van der Waals surface area contributed by atoms with Gasteiger partial charge in [0, 0.05) is 6.04 Å². The number of nitrogens with one attached hydrogen (secondary N) is 2. The molecule has 2 rings (SSSR count). The van der Waals surface area contributed by atoms with Crippen LogP contribution in [0.3, 0.4) is 0 Å². The second-order valence-electron chi connectivity index (χ2n) is 4.93. The highest BCUT2D eigenvalue weighted by atomic mass is 32.2. The van der Waals surface area contributed by atoms with E-state index in [4.69, 9.17) is 5.11 Å². The third-order valence-electron chi connectivity index (χ3n) is 3.56. The monoisotopic (exact) mass is 287 g/mol. The summed E-state index contributed by atoms with van der Waals surface area (Å²) in [5.74, 6) is -1.03. The normalized spacial score (nSPS) is 18.0. The predicted molar refractivity (Wildman–Crippen MR) is 67.4 cm³/mol. The number of sulfonamides is 1. The standard InChI is InChI=1S/C11H17N3O4S/c1-6(8-4-3-5-8)14-19(17,18)10-7(2)12-13-9(10)11(15)16/h6,8,14H,3-5H2,1-2H3,(H,12,13)(H,15,16). The molecule has 0 spiro atoms. The Labute approximate surface area is 111 Å². The van der Waals surface area contributed by atoms with Gasteiger partial charge in [0.25, 0.3) is 0 Å². The number of nitrogens with zero attached hydrogens (tertiary/aromatic N) is 1. The average Bonchev–Trinajstić information content (AvgIpc) is 2.56. The Morgan fingerprint density at radius 2 is 2.16 bits per heavy atom. The van der Waals surface area contributed by atoms with Crippen LogP contribution < -0.4 is 4.72 Å². The van der Waals surface area contributed by atoms with Crippen molar-refractivity contribution in [1.82, 2.24) is 14.9 Å². The second-order valence-corrected chi connectivity index (χ2v) is 6.58. The number of carboxylic acids is 1. The molecule has 1 aromatic heterocycles. The number of aromatic amines is 1. The van der Waals surface area contributed by atoms with E-state index < -0.39 is 21.7 Å². The smallest absolute Gasteiger partial charge is 0.357 e. The number of aromatic carboxylic acids is 1. The Kier molecular flexibility index (Phi) is 3.64. The van der Waals surface area contributed by atoms with Gasteiger partial charge in [-0.05, 0) is 32.6 Å². The summed E-state index contributed by atoms with van der Waals surface area (Å²) < 4.78 is 27.1. The van der Waals surface area contributed by atoms with Crippen LogP contribution in [0.15, 0.2) is 4.90 Å². The first-order valence-electron chi connectivity index (χ1n) is 6.13. The van der Waals surface area contributed by atoms with Crippen molar-refractivity contribution >= 4 is 16.0 Å². The molecule has 0 aliphatic heterocycles. The lowest BCUT2D eigenvalue weighted by molar-refractivity contribution is 0.0686. The van der Waals surface area contributed by atoms with Gasteiger partial charge in [0.05, 0.1) is 5.69 Å². The molecule has 1 saturated carbocycles. The zero-order chi connectivity index (χ0) is 14.2. The number of aromatic nitrogens is 2. The van der Waals surface area contributed by atoms with E-state index in [2.05, 4.69) is 14.9 Å². The van der Waals surface area contributed by atoms with Crippen molar-refractivity contribution in [3.63, 3.8) is 0 Å². The van der Waals surface area contributed by atoms with E-state index in [0.29, 0.717) is 5.92 Å². The molecule has 1 fully saturated rings. The molecule has 106 valence electrons. The molecule has 1 aliphatic carbocycles. The van der Waals surface area contributed by atoms with Crippen LogP contribution in [-0.4, -0.2) is 35.7 Å². The Bertz CT molecular complexity index is 589. The number of hydrogen-bond acceptors (Lipinski definition) is 4. The van der Waals surface area contributed by atoms with Gasteiger partial charge in [-0.3, -0.25) is 5.10 Å². The quantitative estimate of drug-likeness (QED) is 0.744. The van der Waals surface area contributed by atoms with Crippen LogP contribution in [0.1, 0.15) is 42.4 Å². The Hall–Kier alpha value is -1.41. The fourth-order valence-corrected chi connectivity index (χ4v) is 3.87. The maximum Gasteiger partial charge on any atom is 0.357 e. The number of rotatable bonds is 5. The van der Waals surface area contributed by atoms with Gasteiger partial charge in [-0.25, -0.2) is 17.9 Å². The van der Waals surface area contributed by atoms with E-state index in [-0.39, 0.29) is 16.6 Å². The summed E-state index contributed by atoms with van der Waals surface area (Å²) in [5.41, 5.74) is -0.239. The lowest BCUT2D eigenvalue weighted by atomic mass is 9.81. The molecular formula is C11H17N3O4S. The van der Waals surface area contributed by atoms with Crippen molar-refractivity contribution in [3.05, 3.63) is 11.4 Å². The SMILES string of the molecule is Cc1[nH]nc(C(=O)O)c1S(=O)(=O)NC(C)C1CCC1. The van der Waals surface area contributed by atoms with Crippen molar-refractivity contribution in [2.75, 3.05) is 0 Å². The molecule has 3 N–H and O–H groups in total. The number of hydrogen-bond donors (Lipinski definition) is 3. The lowest BCUT2D eigenvalue weighted by Crippen LogP contribution is -2.41. The highest BCUT2D eigenvalue weighted by Gasteiger charge is 2.32. The fraction of sp³-hybridized carbons (Fsp3) is 0.636.